The van der Waals surface area contributed by atoms with Gasteiger partial charge < -0.3 is 0 Å². The zero-order valence-corrected chi connectivity index (χ0v) is 17.0. The highest BCUT2D eigenvalue weighted by Gasteiger charge is 2.85. The Labute approximate surface area is 177 Å². The normalized spacial score (nSPS) is 14.5. The average Bonchev–Trinajstić information content (AvgIpc) is 3.03. The van der Waals surface area contributed by atoms with E-state index < -0.39 is 44.4 Å². The summed E-state index contributed by atoms with van der Waals surface area (Å²) >= 11 is 6.92. The Kier molecular flexibility index (Phi) is 5.51. The van der Waals surface area contributed by atoms with Gasteiger partial charge in [-0.1, -0.05) is 35.9 Å². The van der Waals surface area contributed by atoms with Crippen LogP contribution < -0.4 is 0 Å². The first kappa shape index (κ1) is 23.9. The summed E-state index contributed by atoms with van der Waals surface area (Å²) < 4.78 is 143. The minimum absolute atomic E-state index is 0.0148. The molecule has 0 atom stereocenters. The average molecular weight is 515 g/mol. The smallest absolute Gasteiger partial charge is 0.222 e. The maximum Gasteiger partial charge on any atom is 0.460 e. The van der Waals surface area contributed by atoms with Gasteiger partial charge in [-0.25, -0.2) is 8.42 Å². The molecule has 0 radical (unpaired) electrons. The maximum atomic E-state index is 14.0. The molecule has 0 aliphatic rings. The van der Waals surface area contributed by atoms with Gasteiger partial charge in [-0.15, -0.1) is 11.3 Å². The standard InChI is InChI=1S/C17H8ClF9O2S2/c18-10-6-5-8(13-12(10)9-3-1-2-4-11(9)30-13)7-31(28,29)17(26,27)15(21,22)14(19,20)16(23,24)25/h1-6H,7H2. The predicted molar refractivity (Wildman–Crippen MR) is 97.9 cm³/mol. The van der Waals surface area contributed by atoms with E-state index in [4.69, 9.17) is 11.6 Å². The second kappa shape index (κ2) is 7.14. The van der Waals surface area contributed by atoms with Gasteiger partial charge in [-0.3, -0.25) is 0 Å². The van der Waals surface area contributed by atoms with Crippen LogP contribution in [0.5, 0.6) is 0 Å². The molecule has 170 valence electrons. The van der Waals surface area contributed by atoms with Crippen LogP contribution >= 0.6 is 22.9 Å². The lowest BCUT2D eigenvalue weighted by molar-refractivity contribution is -0.382. The number of fused-ring (bicyclic) bond motifs is 3. The van der Waals surface area contributed by atoms with Gasteiger partial charge in [-0.05, 0) is 17.7 Å². The first-order chi connectivity index (χ1) is 14.0. The Morgan fingerprint density at radius 3 is 2.00 bits per heavy atom. The number of rotatable bonds is 5. The maximum absolute atomic E-state index is 14.0. The van der Waals surface area contributed by atoms with E-state index in [2.05, 4.69) is 0 Å². The SMILES string of the molecule is O=S(=O)(Cc1ccc(Cl)c2c1sc1ccccc12)C(F)(F)C(F)(F)C(F)(F)C(F)(F)F. The van der Waals surface area contributed by atoms with Gasteiger partial charge in [-0.2, -0.15) is 39.5 Å². The van der Waals surface area contributed by atoms with Crippen LogP contribution in [0.2, 0.25) is 5.02 Å². The molecule has 1 heterocycles. The van der Waals surface area contributed by atoms with Crippen molar-refractivity contribution >= 4 is 52.9 Å². The lowest BCUT2D eigenvalue weighted by Crippen LogP contribution is -2.63. The summed E-state index contributed by atoms with van der Waals surface area (Å²) in [5, 5.41) is -5.99. The molecular weight excluding hydrogens is 507 g/mol. The van der Waals surface area contributed by atoms with E-state index in [0.29, 0.717) is 10.1 Å². The predicted octanol–water partition coefficient (Wildman–Crippen LogP) is 7.05. The molecule has 0 fully saturated rings. The van der Waals surface area contributed by atoms with Crippen LogP contribution in [0.4, 0.5) is 39.5 Å². The van der Waals surface area contributed by atoms with Crippen LogP contribution in [0.15, 0.2) is 36.4 Å². The third-order valence-electron chi connectivity index (χ3n) is 4.41. The number of benzene rings is 2. The van der Waals surface area contributed by atoms with Crippen LogP contribution in [0, 0.1) is 0 Å². The van der Waals surface area contributed by atoms with Crippen molar-refractivity contribution in [2.45, 2.75) is 29.0 Å². The fraction of sp³-hybridized carbons (Fsp3) is 0.294. The molecule has 14 heteroatoms. The first-order valence-electron chi connectivity index (χ1n) is 7.97. The second-order valence-corrected chi connectivity index (χ2v) is 9.92. The number of halogens is 10. The highest BCUT2D eigenvalue weighted by atomic mass is 35.5. The minimum atomic E-state index is -7.30. The molecule has 31 heavy (non-hydrogen) atoms. The molecule has 0 amide bonds. The Morgan fingerprint density at radius 2 is 1.42 bits per heavy atom. The molecule has 2 nitrogen and oxygen atoms in total. The van der Waals surface area contributed by atoms with Crippen LogP contribution in [-0.2, 0) is 15.6 Å². The Balaban J connectivity index is 2.14. The monoisotopic (exact) mass is 514 g/mol. The summed E-state index contributed by atoms with van der Waals surface area (Å²) in [5.74, 6) is -16.5. The van der Waals surface area contributed by atoms with Crippen LogP contribution in [0.3, 0.4) is 0 Å². The van der Waals surface area contributed by atoms with E-state index >= 15 is 0 Å². The van der Waals surface area contributed by atoms with E-state index in [0.717, 1.165) is 23.5 Å². The number of hydrogen-bond acceptors (Lipinski definition) is 3. The highest BCUT2D eigenvalue weighted by molar-refractivity contribution is 7.91. The Bertz CT molecular complexity index is 1260. The van der Waals surface area contributed by atoms with Crippen molar-refractivity contribution in [1.82, 2.24) is 0 Å². The Morgan fingerprint density at radius 1 is 0.839 bits per heavy atom. The van der Waals surface area contributed by atoms with Crippen molar-refractivity contribution in [3.05, 3.63) is 47.0 Å². The summed E-state index contributed by atoms with van der Waals surface area (Å²) in [7, 11) is -6.56. The number of hydrogen-bond donors (Lipinski definition) is 0. The molecular formula is C17H8ClF9O2S2. The van der Waals surface area contributed by atoms with E-state index in [1.54, 1.807) is 24.3 Å². The van der Waals surface area contributed by atoms with Crippen molar-refractivity contribution in [3.8, 4) is 0 Å². The molecule has 0 unspecified atom stereocenters. The third-order valence-corrected chi connectivity index (χ3v) is 7.70. The van der Waals surface area contributed by atoms with Gasteiger partial charge in [0.2, 0.25) is 9.84 Å². The van der Waals surface area contributed by atoms with Crippen LogP contribution in [-0.4, -0.2) is 31.7 Å². The van der Waals surface area contributed by atoms with Crippen molar-refractivity contribution in [1.29, 1.82) is 0 Å². The van der Waals surface area contributed by atoms with Gasteiger partial charge in [0.15, 0.2) is 0 Å². The lowest BCUT2D eigenvalue weighted by atomic mass is 10.1. The summed E-state index contributed by atoms with van der Waals surface area (Å²) in [4.78, 5) is 0. The fourth-order valence-corrected chi connectivity index (χ4v) is 5.80. The van der Waals surface area contributed by atoms with Crippen molar-refractivity contribution in [2.75, 3.05) is 0 Å². The number of thiophene rings is 1. The zero-order chi connectivity index (χ0) is 23.6. The Hall–Kier alpha value is -1.73. The summed E-state index contributed by atoms with van der Waals surface area (Å²) in [5.41, 5.74) is -0.508. The van der Waals surface area contributed by atoms with Crippen molar-refractivity contribution in [3.63, 3.8) is 0 Å². The van der Waals surface area contributed by atoms with Crippen molar-refractivity contribution in [2.24, 2.45) is 0 Å². The number of sulfone groups is 1. The van der Waals surface area contributed by atoms with Gasteiger partial charge >= 0.3 is 23.3 Å². The van der Waals surface area contributed by atoms with Gasteiger partial charge in [0.1, 0.15) is 0 Å². The molecule has 0 bridgehead atoms. The molecule has 3 rings (SSSR count). The molecule has 0 saturated heterocycles. The molecule has 3 aromatic rings. The largest absolute Gasteiger partial charge is 0.460 e. The fourth-order valence-electron chi connectivity index (χ4n) is 2.81. The second-order valence-electron chi connectivity index (χ2n) is 6.43. The zero-order valence-electron chi connectivity index (χ0n) is 14.6. The first-order valence-corrected chi connectivity index (χ1v) is 10.8. The molecule has 0 saturated carbocycles. The summed E-state index contributed by atoms with van der Waals surface area (Å²) in [6.07, 6.45) is -7.12. The van der Waals surface area contributed by atoms with E-state index in [1.807, 2.05) is 0 Å². The molecule has 0 spiro atoms. The van der Waals surface area contributed by atoms with Gasteiger partial charge in [0.05, 0.1) is 5.75 Å². The quantitative estimate of drug-likeness (QED) is 0.342. The molecule has 0 N–H and O–H groups in total. The summed E-state index contributed by atoms with van der Waals surface area (Å²) in [6.45, 7) is 0. The van der Waals surface area contributed by atoms with Crippen LogP contribution in [0.25, 0.3) is 20.2 Å². The van der Waals surface area contributed by atoms with E-state index in [-0.39, 0.29) is 15.1 Å². The molecule has 2 aromatic carbocycles. The molecule has 0 aliphatic heterocycles. The lowest BCUT2D eigenvalue weighted by Gasteiger charge is -2.33. The summed E-state index contributed by atoms with van der Waals surface area (Å²) in [6, 6.07) is 8.28. The van der Waals surface area contributed by atoms with Gasteiger partial charge in [0.25, 0.3) is 0 Å². The van der Waals surface area contributed by atoms with Gasteiger partial charge in [0, 0.05) is 25.2 Å². The van der Waals surface area contributed by atoms with Crippen molar-refractivity contribution < 1.29 is 47.9 Å². The molecule has 0 aliphatic carbocycles. The topological polar surface area (TPSA) is 34.1 Å². The molecule has 1 aromatic heterocycles. The van der Waals surface area contributed by atoms with Crippen LogP contribution in [0.1, 0.15) is 5.56 Å². The highest BCUT2D eigenvalue weighted by Crippen LogP contribution is 2.55. The third kappa shape index (κ3) is 3.44. The van der Waals surface area contributed by atoms with E-state index in [9.17, 15) is 47.9 Å². The van der Waals surface area contributed by atoms with E-state index in [1.165, 1.54) is 0 Å². The minimum Gasteiger partial charge on any atom is -0.222 e. The number of alkyl halides is 9.